The third-order valence-electron chi connectivity index (χ3n) is 3.61. The lowest BCUT2D eigenvalue weighted by atomic mass is 9.94. The molecule has 96 valence electrons. The molecule has 0 bridgehead atoms. The predicted molar refractivity (Wildman–Crippen MR) is 70.7 cm³/mol. The fourth-order valence-electron chi connectivity index (χ4n) is 2.70. The number of nitrogens with one attached hydrogen (secondary N) is 2. The van der Waals surface area contributed by atoms with Crippen molar-refractivity contribution in [2.45, 2.75) is 64.0 Å². The highest BCUT2D eigenvalue weighted by molar-refractivity contribution is 5.20. The SMILES string of the molecule is CCCC(NC1CCCCC1)c1cnc(N)[nH]1. The minimum atomic E-state index is 0.382. The molecule has 1 aliphatic rings. The zero-order valence-electron chi connectivity index (χ0n) is 10.7. The van der Waals surface area contributed by atoms with E-state index in [1.54, 1.807) is 0 Å². The first-order chi connectivity index (χ1) is 8.29. The lowest BCUT2D eigenvalue weighted by Gasteiger charge is -2.27. The van der Waals surface area contributed by atoms with Crippen LogP contribution >= 0.6 is 0 Å². The topological polar surface area (TPSA) is 66.7 Å². The van der Waals surface area contributed by atoms with Crippen LogP contribution in [0.2, 0.25) is 0 Å². The second-order valence-corrected chi connectivity index (χ2v) is 5.07. The average molecular weight is 236 g/mol. The Morgan fingerprint density at radius 1 is 1.47 bits per heavy atom. The number of hydrogen-bond donors (Lipinski definition) is 3. The van der Waals surface area contributed by atoms with Crippen LogP contribution in [0.15, 0.2) is 6.20 Å². The van der Waals surface area contributed by atoms with Crippen molar-refractivity contribution in [3.8, 4) is 0 Å². The van der Waals surface area contributed by atoms with Gasteiger partial charge in [-0.1, -0.05) is 32.6 Å². The highest BCUT2D eigenvalue weighted by Gasteiger charge is 2.19. The van der Waals surface area contributed by atoms with Crippen LogP contribution in [-0.2, 0) is 0 Å². The fraction of sp³-hybridized carbons (Fsp3) is 0.769. The monoisotopic (exact) mass is 236 g/mol. The summed E-state index contributed by atoms with van der Waals surface area (Å²) in [6.45, 7) is 2.22. The summed E-state index contributed by atoms with van der Waals surface area (Å²) in [6, 6.07) is 1.05. The van der Waals surface area contributed by atoms with E-state index in [-0.39, 0.29) is 0 Å². The van der Waals surface area contributed by atoms with Gasteiger partial charge in [0.25, 0.3) is 0 Å². The van der Waals surface area contributed by atoms with Crippen molar-refractivity contribution in [2.24, 2.45) is 0 Å². The van der Waals surface area contributed by atoms with Gasteiger partial charge in [-0.05, 0) is 19.3 Å². The maximum Gasteiger partial charge on any atom is 0.197 e. The number of aromatic amines is 1. The normalized spacial score (nSPS) is 19.4. The van der Waals surface area contributed by atoms with Gasteiger partial charge < -0.3 is 16.0 Å². The molecule has 0 aliphatic heterocycles. The number of rotatable bonds is 5. The summed E-state index contributed by atoms with van der Waals surface area (Å²) in [4.78, 5) is 7.25. The first kappa shape index (κ1) is 12.4. The summed E-state index contributed by atoms with van der Waals surface area (Å²) in [5, 5.41) is 3.76. The minimum Gasteiger partial charge on any atom is -0.369 e. The molecule has 1 aromatic heterocycles. The highest BCUT2D eigenvalue weighted by atomic mass is 15.1. The van der Waals surface area contributed by atoms with E-state index < -0.39 is 0 Å². The van der Waals surface area contributed by atoms with Crippen LogP contribution in [0.4, 0.5) is 5.95 Å². The number of nitrogens with zero attached hydrogens (tertiary/aromatic N) is 1. The van der Waals surface area contributed by atoms with Crippen molar-refractivity contribution in [1.29, 1.82) is 0 Å². The largest absolute Gasteiger partial charge is 0.369 e. The number of imidazole rings is 1. The summed E-state index contributed by atoms with van der Waals surface area (Å²) >= 11 is 0. The molecule has 4 heteroatoms. The van der Waals surface area contributed by atoms with Crippen LogP contribution in [0.25, 0.3) is 0 Å². The van der Waals surface area contributed by atoms with E-state index in [0.717, 1.165) is 12.1 Å². The van der Waals surface area contributed by atoms with E-state index in [0.29, 0.717) is 18.0 Å². The molecule has 1 unspecified atom stereocenters. The Morgan fingerprint density at radius 2 is 2.24 bits per heavy atom. The van der Waals surface area contributed by atoms with Crippen LogP contribution in [0.3, 0.4) is 0 Å². The van der Waals surface area contributed by atoms with Gasteiger partial charge in [-0.25, -0.2) is 4.98 Å². The maximum atomic E-state index is 5.65. The Morgan fingerprint density at radius 3 is 2.82 bits per heavy atom. The van der Waals surface area contributed by atoms with Gasteiger partial charge in [0.2, 0.25) is 0 Å². The van der Waals surface area contributed by atoms with Gasteiger partial charge in [0.1, 0.15) is 0 Å². The quantitative estimate of drug-likeness (QED) is 0.736. The molecule has 0 saturated heterocycles. The number of hydrogen-bond acceptors (Lipinski definition) is 3. The number of nitrogens with two attached hydrogens (primary N) is 1. The summed E-state index contributed by atoms with van der Waals surface area (Å²) in [7, 11) is 0. The molecule has 0 amide bonds. The molecular weight excluding hydrogens is 212 g/mol. The van der Waals surface area contributed by atoms with E-state index in [1.165, 1.54) is 38.5 Å². The predicted octanol–water partition coefficient (Wildman–Crippen LogP) is 2.76. The van der Waals surface area contributed by atoms with E-state index in [2.05, 4.69) is 22.2 Å². The molecule has 4 nitrogen and oxygen atoms in total. The van der Waals surface area contributed by atoms with Crippen LogP contribution in [0.1, 0.15) is 63.6 Å². The van der Waals surface area contributed by atoms with Crippen molar-refractivity contribution in [3.05, 3.63) is 11.9 Å². The molecule has 1 saturated carbocycles. The third-order valence-corrected chi connectivity index (χ3v) is 3.61. The zero-order chi connectivity index (χ0) is 12.1. The standard InChI is InChI=1S/C13H24N4/c1-2-6-11(12-9-15-13(14)17-12)16-10-7-4-3-5-8-10/h9-11,16H,2-8H2,1H3,(H3,14,15,17). The van der Waals surface area contributed by atoms with Gasteiger partial charge in [-0.15, -0.1) is 0 Å². The second kappa shape index (κ2) is 6.05. The Hall–Kier alpha value is -1.03. The first-order valence-corrected chi connectivity index (χ1v) is 6.86. The van der Waals surface area contributed by atoms with Crippen molar-refractivity contribution in [2.75, 3.05) is 5.73 Å². The van der Waals surface area contributed by atoms with Gasteiger partial charge >= 0.3 is 0 Å². The van der Waals surface area contributed by atoms with Gasteiger partial charge in [0.15, 0.2) is 5.95 Å². The first-order valence-electron chi connectivity index (χ1n) is 6.86. The summed E-state index contributed by atoms with van der Waals surface area (Å²) in [5.74, 6) is 0.520. The molecule has 0 radical (unpaired) electrons. The fourth-order valence-corrected chi connectivity index (χ4v) is 2.70. The molecule has 0 spiro atoms. The van der Waals surface area contributed by atoms with Crippen LogP contribution in [-0.4, -0.2) is 16.0 Å². The van der Waals surface area contributed by atoms with Gasteiger partial charge in [0.05, 0.1) is 11.9 Å². The van der Waals surface area contributed by atoms with Gasteiger partial charge in [-0.3, -0.25) is 0 Å². The molecule has 1 atom stereocenters. The zero-order valence-corrected chi connectivity index (χ0v) is 10.7. The molecular formula is C13H24N4. The van der Waals surface area contributed by atoms with Crippen molar-refractivity contribution in [1.82, 2.24) is 15.3 Å². The number of aromatic nitrogens is 2. The maximum absolute atomic E-state index is 5.65. The van der Waals surface area contributed by atoms with Gasteiger partial charge in [0, 0.05) is 12.1 Å². The number of anilines is 1. The van der Waals surface area contributed by atoms with Crippen molar-refractivity contribution in [3.63, 3.8) is 0 Å². The Balaban J connectivity index is 1.96. The lowest BCUT2D eigenvalue weighted by molar-refractivity contribution is 0.326. The van der Waals surface area contributed by atoms with Gasteiger partial charge in [-0.2, -0.15) is 0 Å². The minimum absolute atomic E-state index is 0.382. The average Bonchev–Trinajstić information content (AvgIpc) is 2.77. The van der Waals surface area contributed by atoms with E-state index in [4.69, 9.17) is 5.73 Å². The molecule has 1 aromatic rings. The molecule has 1 heterocycles. The molecule has 1 fully saturated rings. The summed E-state index contributed by atoms with van der Waals surface area (Å²) < 4.78 is 0. The molecule has 1 aliphatic carbocycles. The molecule has 0 aromatic carbocycles. The van der Waals surface area contributed by atoms with Crippen LogP contribution in [0, 0.1) is 0 Å². The van der Waals surface area contributed by atoms with Crippen LogP contribution in [0.5, 0.6) is 0 Å². The van der Waals surface area contributed by atoms with Crippen LogP contribution < -0.4 is 11.1 Å². The summed E-state index contributed by atoms with van der Waals surface area (Å²) in [5.41, 5.74) is 6.79. The van der Waals surface area contributed by atoms with Crippen molar-refractivity contribution < 1.29 is 0 Å². The molecule has 17 heavy (non-hydrogen) atoms. The second-order valence-electron chi connectivity index (χ2n) is 5.07. The number of nitrogen functional groups attached to an aromatic ring is 1. The van der Waals surface area contributed by atoms with E-state index in [9.17, 15) is 0 Å². The van der Waals surface area contributed by atoms with Crippen molar-refractivity contribution >= 4 is 5.95 Å². The smallest absolute Gasteiger partial charge is 0.197 e. The summed E-state index contributed by atoms with van der Waals surface area (Å²) in [6.07, 6.45) is 10.9. The number of H-pyrrole nitrogens is 1. The highest BCUT2D eigenvalue weighted by Crippen LogP contribution is 2.23. The third kappa shape index (κ3) is 3.46. The Bertz CT molecular complexity index is 328. The Kier molecular flexibility index (Phi) is 4.42. The molecule has 4 N–H and O–H groups in total. The lowest BCUT2D eigenvalue weighted by Crippen LogP contribution is -2.34. The van der Waals surface area contributed by atoms with E-state index >= 15 is 0 Å². The van der Waals surface area contributed by atoms with E-state index in [1.807, 2.05) is 6.20 Å². The molecule has 2 rings (SSSR count). The Labute approximate surface area is 103 Å².